The first-order valence-electron chi connectivity index (χ1n) is 10.2. The lowest BCUT2D eigenvalue weighted by molar-refractivity contribution is -0.202. The summed E-state index contributed by atoms with van der Waals surface area (Å²) < 4.78 is 32.1. The lowest BCUT2D eigenvalue weighted by Crippen LogP contribution is -2.68. The Morgan fingerprint density at radius 2 is 1.90 bits per heavy atom. The summed E-state index contributed by atoms with van der Waals surface area (Å²) in [5.41, 5.74) is 0.863. The maximum atomic E-state index is 16.9. The maximum absolute atomic E-state index is 16.9. The van der Waals surface area contributed by atoms with Crippen molar-refractivity contribution in [1.29, 1.82) is 0 Å². The van der Waals surface area contributed by atoms with Crippen molar-refractivity contribution in [3.63, 3.8) is 0 Å². The van der Waals surface area contributed by atoms with Gasteiger partial charge in [0.05, 0.1) is 6.10 Å². The number of carbonyl (C=O) groups is 3. The molecule has 0 spiro atoms. The highest BCUT2D eigenvalue weighted by atomic mass is 19.1. The Kier molecular flexibility index (Phi) is 4.26. The predicted molar refractivity (Wildman–Crippen MR) is 101 cm³/mol. The topological polar surface area (TPSA) is 97.5 Å². The molecule has 1 amide bonds. The molecule has 0 aromatic rings. The van der Waals surface area contributed by atoms with Crippen LogP contribution in [0.3, 0.4) is 0 Å². The van der Waals surface area contributed by atoms with E-state index < -0.39 is 52.3 Å². The van der Waals surface area contributed by atoms with Crippen LogP contribution in [0.2, 0.25) is 0 Å². The molecule has 7 heteroatoms. The Morgan fingerprint density at radius 3 is 2.52 bits per heavy atom. The third kappa shape index (κ3) is 2.36. The number of Topliss-reactive ketones (excluding diaryl/α,β-unsaturated/α-hetero) is 1. The summed E-state index contributed by atoms with van der Waals surface area (Å²) in [4.78, 5) is 36.0. The van der Waals surface area contributed by atoms with Crippen molar-refractivity contribution in [2.24, 2.45) is 40.2 Å². The molecule has 3 fully saturated rings. The number of ketones is 2. The summed E-state index contributed by atoms with van der Waals surface area (Å²) in [6.07, 6.45) is 1.05. The molecule has 0 heterocycles. The van der Waals surface area contributed by atoms with Crippen molar-refractivity contribution in [1.82, 2.24) is 0 Å². The van der Waals surface area contributed by atoms with Gasteiger partial charge in [-0.1, -0.05) is 19.9 Å². The minimum atomic E-state index is -2.17. The Morgan fingerprint density at radius 1 is 1.24 bits per heavy atom. The van der Waals surface area contributed by atoms with E-state index in [2.05, 4.69) is 0 Å². The van der Waals surface area contributed by atoms with Crippen LogP contribution in [0.5, 0.6) is 0 Å². The van der Waals surface area contributed by atoms with E-state index in [1.165, 1.54) is 19.1 Å². The fraction of sp³-hybridized carbons (Fsp3) is 0.682. The van der Waals surface area contributed by atoms with Gasteiger partial charge in [-0.25, -0.2) is 8.78 Å². The molecule has 0 unspecified atom stereocenters. The molecule has 3 N–H and O–H groups in total. The molecule has 4 aliphatic rings. The molecule has 0 aliphatic heterocycles. The summed E-state index contributed by atoms with van der Waals surface area (Å²) >= 11 is 0. The molecule has 29 heavy (non-hydrogen) atoms. The zero-order chi connectivity index (χ0) is 21.5. The average Bonchev–Trinajstić information content (AvgIpc) is 2.89. The molecule has 9 atom stereocenters. The zero-order valence-electron chi connectivity index (χ0n) is 16.8. The SMILES string of the molecule is C[C@@H]1C[C@H]2[C@@H]3C[C@H](F)C4=CC(=O)C=C[C@]4(C)[C@@]3(F)[C@@H](O)C[C@]2(C)[C@H]1C(=O)C(N)=O. The number of amides is 1. The van der Waals surface area contributed by atoms with Gasteiger partial charge in [-0.15, -0.1) is 0 Å². The molecule has 5 nitrogen and oxygen atoms in total. The fourth-order valence-corrected chi connectivity index (χ4v) is 7.28. The smallest absolute Gasteiger partial charge is 0.285 e. The second kappa shape index (κ2) is 6.06. The summed E-state index contributed by atoms with van der Waals surface area (Å²) in [5, 5.41) is 11.1. The summed E-state index contributed by atoms with van der Waals surface area (Å²) in [7, 11) is 0. The Hall–Kier alpha value is -1.89. The minimum Gasteiger partial charge on any atom is -0.390 e. The highest BCUT2D eigenvalue weighted by molar-refractivity contribution is 6.36. The lowest BCUT2D eigenvalue weighted by Gasteiger charge is -2.62. The number of rotatable bonds is 2. The van der Waals surface area contributed by atoms with Crippen LogP contribution < -0.4 is 5.73 Å². The van der Waals surface area contributed by atoms with Crippen LogP contribution in [0.25, 0.3) is 0 Å². The highest BCUT2D eigenvalue weighted by Crippen LogP contribution is 2.70. The van der Waals surface area contributed by atoms with E-state index in [0.717, 1.165) is 6.08 Å². The van der Waals surface area contributed by atoms with Crippen molar-refractivity contribution >= 4 is 17.5 Å². The van der Waals surface area contributed by atoms with E-state index in [0.29, 0.717) is 6.42 Å². The van der Waals surface area contributed by atoms with Crippen molar-refractivity contribution in [3.8, 4) is 0 Å². The largest absolute Gasteiger partial charge is 0.390 e. The number of alkyl halides is 2. The van der Waals surface area contributed by atoms with E-state index >= 15 is 8.78 Å². The molecule has 4 rings (SSSR count). The van der Waals surface area contributed by atoms with Gasteiger partial charge >= 0.3 is 0 Å². The Balaban J connectivity index is 1.84. The van der Waals surface area contributed by atoms with Crippen molar-refractivity contribution in [3.05, 3.63) is 23.8 Å². The van der Waals surface area contributed by atoms with Crippen LogP contribution in [-0.4, -0.2) is 40.5 Å². The van der Waals surface area contributed by atoms with Gasteiger partial charge in [-0.3, -0.25) is 14.4 Å². The molecule has 3 saturated carbocycles. The molecule has 4 aliphatic carbocycles. The van der Waals surface area contributed by atoms with Crippen LogP contribution >= 0.6 is 0 Å². The fourth-order valence-electron chi connectivity index (χ4n) is 7.28. The van der Waals surface area contributed by atoms with Gasteiger partial charge in [0.2, 0.25) is 5.78 Å². The second-order valence-electron chi connectivity index (χ2n) is 9.87. The van der Waals surface area contributed by atoms with Crippen LogP contribution in [-0.2, 0) is 14.4 Å². The molecule has 0 aromatic heterocycles. The standard InChI is InChI=1S/C22H27F2NO4/c1-10-6-12-13-8-15(23)14-7-11(26)4-5-21(14,3)22(13,24)16(27)9-20(12,2)17(10)18(28)19(25)29/h4-5,7,10,12-13,15-17,27H,6,8-9H2,1-3H3,(H2,25,29)/t10-,12+,13+,15+,16+,17-,20+,21+,22+/m1/s1. The molecule has 0 saturated heterocycles. The quantitative estimate of drug-likeness (QED) is 0.686. The Bertz CT molecular complexity index is 869. The van der Waals surface area contributed by atoms with E-state index in [1.54, 1.807) is 6.92 Å². The monoisotopic (exact) mass is 407 g/mol. The number of hydrogen-bond donors (Lipinski definition) is 2. The van der Waals surface area contributed by atoms with Crippen molar-refractivity contribution < 1.29 is 28.3 Å². The first kappa shape index (κ1) is 20.4. The van der Waals surface area contributed by atoms with E-state index in [9.17, 15) is 19.5 Å². The number of aliphatic hydroxyl groups excluding tert-OH is 1. The number of nitrogens with two attached hydrogens (primary N) is 1. The first-order valence-corrected chi connectivity index (χ1v) is 10.2. The highest BCUT2D eigenvalue weighted by Gasteiger charge is 2.73. The van der Waals surface area contributed by atoms with Gasteiger partial charge in [0.15, 0.2) is 11.5 Å². The number of primary amides is 1. The molecule has 0 aromatic carbocycles. The Labute approximate surface area is 168 Å². The van der Waals surface area contributed by atoms with Crippen LogP contribution in [0.15, 0.2) is 23.8 Å². The first-order chi connectivity index (χ1) is 13.4. The molecule has 158 valence electrons. The number of carbonyl (C=O) groups excluding carboxylic acids is 3. The predicted octanol–water partition coefficient (Wildman–Crippen LogP) is 2.22. The third-order valence-electron chi connectivity index (χ3n) is 8.49. The maximum Gasteiger partial charge on any atom is 0.285 e. The van der Waals surface area contributed by atoms with Crippen molar-refractivity contribution in [2.45, 2.75) is 58.0 Å². The van der Waals surface area contributed by atoms with Crippen molar-refractivity contribution in [2.75, 3.05) is 0 Å². The number of allylic oxidation sites excluding steroid dienone is 4. The number of fused-ring (bicyclic) bond motifs is 5. The summed E-state index contributed by atoms with van der Waals surface area (Å²) in [6.45, 7) is 5.15. The minimum absolute atomic E-state index is 0.0275. The number of hydrogen-bond acceptors (Lipinski definition) is 4. The molecular formula is C22H27F2NO4. The van der Waals surface area contributed by atoms with Gasteiger partial charge in [0.1, 0.15) is 6.17 Å². The molecule has 0 bridgehead atoms. The van der Waals surface area contributed by atoms with E-state index in [1.807, 2.05) is 6.92 Å². The van der Waals surface area contributed by atoms with Gasteiger partial charge < -0.3 is 10.8 Å². The number of aliphatic hydroxyl groups is 1. The van der Waals surface area contributed by atoms with Crippen LogP contribution in [0.4, 0.5) is 8.78 Å². The summed E-state index contributed by atoms with van der Waals surface area (Å²) in [6, 6.07) is 0. The van der Waals surface area contributed by atoms with E-state index in [-0.39, 0.29) is 36.0 Å². The second-order valence-corrected chi connectivity index (χ2v) is 9.87. The van der Waals surface area contributed by atoms with E-state index in [4.69, 9.17) is 5.73 Å². The normalized spacial score (nSPS) is 51.0. The van der Waals surface area contributed by atoms with Gasteiger partial charge in [-0.2, -0.15) is 0 Å². The lowest BCUT2D eigenvalue weighted by atomic mass is 9.45. The summed E-state index contributed by atoms with van der Waals surface area (Å²) in [5.74, 6) is -4.32. The molecular weight excluding hydrogens is 380 g/mol. The third-order valence-corrected chi connectivity index (χ3v) is 8.49. The van der Waals surface area contributed by atoms with Gasteiger partial charge in [0.25, 0.3) is 5.91 Å². The molecule has 0 radical (unpaired) electrons. The van der Waals surface area contributed by atoms with Gasteiger partial charge in [-0.05, 0) is 61.2 Å². The van der Waals surface area contributed by atoms with Crippen LogP contribution in [0, 0.1) is 34.5 Å². The van der Waals surface area contributed by atoms with Crippen LogP contribution in [0.1, 0.15) is 40.0 Å². The zero-order valence-corrected chi connectivity index (χ0v) is 16.8. The van der Waals surface area contributed by atoms with Gasteiger partial charge in [0, 0.05) is 17.3 Å². The average molecular weight is 407 g/mol. The number of halogens is 2.